The highest BCUT2D eigenvalue weighted by Crippen LogP contribution is 2.30. The van der Waals surface area contributed by atoms with Crippen LogP contribution in [0.1, 0.15) is 12.2 Å². The first kappa shape index (κ1) is 15.7. The molecule has 0 radical (unpaired) electrons. The minimum absolute atomic E-state index is 0.462. The van der Waals surface area contributed by atoms with Gasteiger partial charge in [0, 0.05) is 62.5 Å². The van der Waals surface area contributed by atoms with Crippen molar-refractivity contribution < 1.29 is 9.47 Å². The summed E-state index contributed by atoms with van der Waals surface area (Å²) in [5.74, 6) is 2.71. The van der Waals surface area contributed by atoms with E-state index in [0.717, 1.165) is 49.1 Å². The molecule has 1 saturated heterocycles. The lowest BCUT2D eigenvalue weighted by Crippen LogP contribution is -2.32. The zero-order valence-corrected chi connectivity index (χ0v) is 14.0. The number of methoxy groups -OCH3 is 2. The van der Waals surface area contributed by atoms with E-state index in [1.807, 2.05) is 30.1 Å². The minimum atomic E-state index is 0.462. The molecule has 124 valence electrons. The first-order valence-corrected chi connectivity index (χ1v) is 7.87. The molecule has 0 spiro atoms. The normalized spacial score (nSPS) is 17.5. The highest BCUT2D eigenvalue weighted by atomic mass is 16.5. The number of hydrogen-bond acceptors (Lipinski definition) is 5. The quantitative estimate of drug-likeness (QED) is 0.881. The van der Waals surface area contributed by atoms with Gasteiger partial charge in [0.25, 0.3) is 0 Å². The van der Waals surface area contributed by atoms with Gasteiger partial charge in [0.15, 0.2) is 0 Å². The Bertz CT molecular complexity index is 634. The second-order valence-corrected chi connectivity index (χ2v) is 5.84. The number of hydrogen-bond donors (Lipinski definition) is 1. The Morgan fingerprint density at radius 1 is 1.22 bits per heavy atom. The molecule has 6 heteroatoms. The Hall–Kier alpha value is -2.21. The van der Waals surface area contributed by atoms with E-state index in [1.165, 1.54) is 0 Å². The molecule has 1 aromatic carbocycles. The van der Waals surface area contributed by atoms with Gasteiger partial charge in [-0.1, -0.05) is 0 Å². The maximum atomic E-state index is 5.36. The summed E-state index contributed by atoms with van der Waals surface area (Å²) in [5.41, 5.74) is 1.14. The van der Waals surface area contributed by atoms with Crippen molar-refractivity contribution in [1.29, 1.82) is 0 Å². The predicted octanol–water partition coefficient (Wildman–Crippen LogP) is 1.81. The van der Waals surface area contributed by atoms with Crippen molar-refractivity contribution in [3.05, 3.63) is 36.4 Å². The van der Waals surface area contributed by atoms with Crippen LogP contribution >= 0.6 is 0 Å². The van der Waals surface area contributed by atoms with Gasteiger partial charge in [-0.25, -0.2) is 4.98 Å². The molecular weight excluding hydrogens is 292 g/mol. The number of anilines is 1. The first-order valence-electron chi connectivity index (χ1n) is 7.87. The molecule has 6 nitrogen and oxygen atoms in total. The average Bonchev–Trinajstić information content (AvgIpc) is 3.21. The van der Waals surface area contributed by atoms with Crippen molar-refractivity contribution in [2.75, 3.05) is 32.2 Å². The van der Waals surface area contributed by atoms with Gasteiger partial charge < -0.3 is 24.3 Å². The summed E-state index contributed by atoms with van der Waals surface area (Å²) in [4.78, 5) is 6.72. The fourth-order valence-corrected chi connectivity index (χ4v) is 2.94. The lowest BCUT2D eigenvalue weighted by atomic mass is 10.2. The van der Waals surface area contributed by atoms with E-state index in [-0.39, 0.29) is 0 Å². The maximum absolute atomic E-state index is 5.36. The number of ether oxygens (including phenoxy) is 2. The summed E-state index contributed by atoms with van der Waals surface area (Å²) in [5, 5.41) is 3.59. The monoisotopic (exact) mass is 316 g/mol. The van der Waals surface area contributed by atoms with Crippen LogP contribution in [0.15, 0.2) is 30.6 Å². The molecule has 2 aromatic rings. The second-order valence-electron chi connectivity index (χ2n) is 5.84. The average molecular weight is 316 g/mol. The number of nitrogens with one attached hydrogen (secondary N) is 1. The Balaban J connectivity index is 1.62. The fourth-order valence-electron chi connectivity index (χ4n) is 2.94. The van der Waals surface area contributed by atoms with Crippen LogP contribution in [0.2, 0.25) is 0 Å². The van der Waals surface area contributed by atoms with Crippen LogP contribution in [-0.4, -0.2) is 42.9 Å². The smallest absolute Gasteiger partial charge is 0.124 e. The predicted molar refractivity (Wildman–Crippen MR) is 90.2 cm³/mol. The molecule has 1 atom stereocenters. The van der Waals surface area contributed by atoms with E-state index >= 15 is 0 Å². The van der Waals surface area contributed by atoms with Gasteiger partial charge in [-0.2, -0.15) is 0 Å². The Labute approximate surface area is 137 Å². The van der Waals surface area contributed by atoms with Crippen molar-refractivity contribution in [3.63, 3.8) is 0 Å². The topological polar surface area (TPSA) is 51.6 Å². The summed E-state index contributed by atoms with van der Waals surface area (Å²) >= 11 is 0. The van der Waals surface area contributed by atoms with E-state index in [4.69, 9.17) is 9.47 Å². The third-order valence-corrected chi connectivity index (χ3v) is 4.36. The summed E-state index contributed by atoms with van der Waals surface area (Å²) < 4.78 is 12.8. The molecule has 1 N–H and O–H groups in total. The largest absolute Gasteiger partial charge is 0.497 e. The van der Waals surface area contributed by atoms with Crippen molar-refractivity contribution >= 4 is 5.69 Å². The number of nitrogens with zero attached hydrogens (tertiary/aromatic N) is 3. The van der Waals surface area contributed by atoms with Gasteiger partial charge in [-0.15, -0.1) is 0 Å². The van der Waals surface area contributed by atoms with Crippen LogP contribution in [-0.2, 0) is 13.6 Å². The first-order chi connectivity index (χ1) is 11.2. The maximum Gasteiger partial charge on any atom is 0.124 e. The molecule has 3 rings (SSSR count). The molecule has 0 unspecified atom stereocenters. The lowest BCUT2D eigenvalue weighted by Gasteiger charge is -2.20. The summed E-state index contributed by atoms with van der Waals surface area (Å²) in [6, 6.07) is 6.48. The standard InChI is InChI=1S/C17H24N4O2/c1-20-7-5-18-17(20)11-19-13-4-6-21(12-13)14-8-15(22-2)10-16(9-14)23-3/h5,7-10,13,19H,4,6,11-12H2,1-3H3/t13-/m0/s1. The summed E-state index contributed by atoms with van der Waals surface area (Å²) in [7, 11) is 5.38. The van der Waals surface area contributed by atoms with Crippen molar-refractivity contribution in [2.24, 2.45) is 7.05 Å². The Kier molecular flexibility index (Phi) is 4.71. The second kappa shape index (κ2) is 6.91. The number of aromatic nitrogens is 2. The molecule has 0 aliphatic carbocycles. The lowest BCUT2D eigenvalue weighted by molar-refractivity contribution is 0.394. The van der Waals surface area contributed by atoms with E-state index in [9.17, 15) is 0 Å². The van der Waals surface area contributed by atoms with E-state index in [1.54, 1.807) is 14.2 Å². The summed E-state index contributed by atoms with van der Waals surface area (Å²) in [6.45, 7) is 2.79. The van der Waals surface area contributed by atoms with Gasteiger partial charge in [0.1, 0.15) is 17.3 Å². The zero-order valence-electron chi connectivity index (χ0n) is 14.0. The van der Waals surface area contributed by atoms with Gasteiger partial charge in [0.05, 0.1) is 20.8 Å². The third kappa shape index (κ3) is 3.59. The summed E-state index contributed by atoms with van der Waals surface area (Å²) in [6.07, 6.45) is 4.92. The van der Waals surface area contributed by atoms with Crippen molar-refractivity contribution in [2.45, 2.75) is 19.0 Å². The SMILES string of the molecule is COc1cc(OC)cc(N2CC[C@H](NCc3nccn3C)C2)c1. The highest BCUT2D eigenvalue weighted by Gasteiger charge is 2.23. The molecule has 23 heavy (non-hydrogen) atoms. The van der Waals surface area contributed by atoms with E-state index in [0.29, 0.717) is 6.04 Å². The molecule has 2 heterocycles. The molecule has 1 aromatic heterocycles. The number of imidazole rings is 1. The number of aryl methyl sites for hydroxylation is 1. The van der Waals surface area contributed by atoms with Gasteiger partial charge in [-0.05, 0) is 6.42 Å². The fraction of sp³-hybridized carbons (Fsp3) is 0.471. The van der Waals surface area contributed by atoms with E-state index < -0.39 is 0 Å². The number of rotatable bonds is 6. The van der Waals surface area contributed by atoms with Crippen LogP contribution in [0, 0.1) is 0 Å². The van der Waals surface area contributed by atoms with Gasteiger partial charge >= 0.3 is 0 Å². The molecular formula is C17H24N4O2. The molecule has 1 fully saturated rings. The molecule has 0 saturated carbocycles. The highest BCUT2D eigenvalue weighted by molar-refractivity contribution is 5.56. The van der Waals surface area contributed by atoms with Crippen molar-refractivity contribution in [3.8, 4) is 11.5 Å². The van der Waals surface area contributed by atoms with Crippen LogP contribution in [0.25, 0.3) is 0 Å². The van der Waals surface area contributed by atoms with Crippen LogP contribution in [0.5, 0.6) is 11.5 Å². The molecule has 1 aliphatic heterocycles. The number of benzene rings is 1. The van der Waals surface area contributed by atoms with Crippen molar-refractivity contribution in [1.82, 2.24) is 14.9 Å². The molecule has 0 bridgehead atoms. The van der Waals surface area contributed by atoms with Crippen LogP contribution < -0.4 is 19.7 Å². The molecule has 0 amide bonds. The Morgan fingerprint density at radius 2 is 1.96 bits per heavy atom. The van der Waals surface area contributed by atoms with Gasteiger partial charge in [-0.3, -0.25) is 0 Å². The van der Waals surface area contributed by atoms with Crippen LogP contribution in [0.4, 0.5) is 5.69 Å². The van der Waals surface area contributed by atoms with E-state index in [2.05, 4.69) is 27.3 Å². The van der Waals surface area contributed by atoms with Crippen LogP contribution in [0.3, 0.4) is 0 Å². The Morgan fingerprint density at radius 3 is 2.57 bits per heavy atom. The minimum Gasteiger partial charge on any atom is -0.497 e. The zero-order chi connectivity index (χ0) is 16.2. The third-order valence-electron chi connectivity index (χ3n) is 4.36. The molecule has 1 aliphatic rings. The van der Waals surface area contributed by atoms with Gasteiger partial charge in [0.2, 0.25) is 0 Å².